The van der Waals surface area contributed by atoms with E-state index in [-0.39, 0.29) is 5.91 Å². The van der Waals surface area contributed by atoms with E-state index in [2.05, 4.69) is 21.4 Å². The summed E-state index contributed by atoms with van der Waals surface area (Å²) in [5.74, 6) is -0.0668. The maximum Gasteiger partial charge on any atom is 0.251 e. The number of benzene rings is 2. The molecular weight excluding hydrogens is 274 g/mol. The van der Waals surface area contributed by atoms with Gasteiger partial charge in [0.1, 0.15) is 0 Å². The summed E-state index contributed by atoms with van der Waals surface area (Å²) >= 11 is 0. The Labute approximate surface area is 128 Å². The molecular formula is C18H17N3O. The van der Waals surface area contributed by atoms with Crippen LogP contribution in [0.25, 0.3) is 10.9 Å². The van der Waals surface area contributed by atoms with Crippen LogP contribution in [-0.4, -0.2) is 30.2 Å². The lowest BCUT2D eigenvalue weighted by atomic mass is 10.2. The second kappa shape index (κ2) is 6.72. The Kier molecular flexibility index (Phi) is 4.30. The Morgan fingerprint density at radius 3 is 2.73 bits per heavy atom. The van der Waals surface area contributed by atoms with Gasteiger partial charge in [-0.3, -0.25) is 9.79 Å². The van der Waals surface area contributed by atoms with E-state index in [0.29, 0.717) is 18.7 Å². The molecule has 1 amide bonds. The van der Waals surface area contributed by atoms with Gasteiger partial charge in [0.25, 0.3) is 5.91 Å². The summed E-state index contributed by atoms with van der Waals surface area (Å²) < 4.78 is 0. The van der Waals surface area contributed by atoms with Gasteiger partial charge in [0, 0.05) is 41.0 Å². The largest absolute Gasteiger partial charge is 0.361 e. The fourth-order valence-corrected chi connectivity index (χ4v) is 2.29. The molecule has 3 aromatic rings. The SMILES string of the molecule is O=C(NCCN=Cc1c[nH]c2ccccc12)c1ccccc1. The summed E-state index contributed by atoms with van der Waals surface area (Å²) in [6.45, 7) is 1.07. The first-order chi connectivity index (χ1) is 10.8. The molecule has 2 aromatic carbocycles. The highest BCUT2D eigenvalue weighted by Crippen LogP contribution is 2.15. The van der Waals surface area contributed by atoms with Crippen molar-refractivity contribution in [2.75, 3.05) is 13.1 Å². The van der Waals surface area contributed by atoms with E-state index in [1.54, 1.807) is 12.1 Å². The highest BCUT2D eigenvalue weighted by molar-refractivity contribution is 5.99. The summed E-state index contributed by atoms with van der Waals surface area (Å²) in [5.41, 5.74) is 2.83. The van der Waals surface area contributed by atoms with Gasteiger partial charge >= 0.3 is 0 Å². The fraction of sp³-hybridized carbons (Fsp3) is 0.111. The van der Waals surface area contributed by atoms with Crippen molar-refractivity contribution < 1.29 is 4.79 Å². The van der Waals surface area contributed by atoms with E-state index in [1.165, 1.54) is 0 Å². The van der Waals surface area contributed by atoms with E-state index >= 15 is 0 Å². The first-order valence-corrected chi connectivity index (χ1v) is 7.24. The lowest BCUT2D eigenvalue weighted by Crippen LogP contribution is -2.25. The predicted molar refractivity (Wildman–Crippen MR) is 89.5 cm³/mol. The highest BCUT2D eigenvalue weighted by atomic mass is 16.1. The van der Waals surface area contributed by atoms with E-state index in [0.717, 1.165) is 16.5 Å². The van der Waals surface area contributed by atoms with Crippen molar-refractivity contribution in [1.29, 1.82) is 0 Å². The predicted octanol–water partition coefficient (Wildman–Crippen LogP) is 3.02. The third-order valence-corrected chi connectivity index (χ3v) is 3.41. The third-order valence-electron chi connectivity index (χ3n) is 3.41. The van der Waals surface area contributed by atoms with Crippen LogP contribution < -0.4 is 5.32 Å². The number of nitrogens with one attached hydrogen (secondary N) is 2. The Hall–Kier alpha value is -2.88. The van der Waals surface area contributed by atoms with Crippen LogP contribution in [0.4, 0.5) is 0 Å². The molecule has 1 aromatic heterocycles. The molecule has 0 aliphatic rings. The first kappa shape index (κ1) is 14.1. The number of H-pyrrole nitrogens is 1. The molecule has 3 rings (SSSR count). The number of nitrogens with zero attached hydrogens (tertiary/aromatic N) is 1. The first-order valence-electron chi connectivity index (χ1n) is 7.24. The number of aromatic amines is 1. The number of aromatic nitrogens is 1. The lowest BCUT2D eigenvalue weighted by molar-refractivity contribution is 0.0955. The van der Waals surface area contributed by atoms with Gasteiger partial charge in [-0.1, -0.05) is 36.4 Å². The van der Waals surface area contributed by atoms with Crippen LogP contribution in [0, 0.1) is 0 Å². The maximum absolute atomic E-state index is 11.8. The summed E-state index contributed by atoms with van der Waals surface area (Å²) in [6.07, 6.45) is 3.78. The summed E-state index contributed by atoms with van der Waals surface area (Å²) in [6, 6.07) is 17.3. The molecule has 0 saturated carbocycles. The summed E-state index contributed by atoms with van der Waals surface area (Å²) in [5, 5.41) is 4.01. The van der Waals surface area contributed by atoms with E-state index < -0.39 is 0 Å². The number of rotatable bonds is 5. The third kappa shape index (κ3) is 3.23. The lowest BCUT2D eigenvalue weighted by Gasteiger charge is -2.02. The molecule has 0 radical (unpaired) electrons. The minimum absolute atomic E-state index is 0.0668. The van der Waals surface area contributed by atoms with Gasteiger partial charge in [-0.2, -0.15) is 0 Å². The van der Waals surface area contributed by atoms with E-state index in [4.69, 9.17) is 0 Å². The zero-order valence-electron chi connectivity index (χ0n) is 12.1. The molecule has 4 nitrogen and oxygen atoms in total. The van der Waals surface area contributed by atoms with E-state index in [1.807, 2.05) is 48.8 Å². The van der Waals surface area contributed by atoms with Crippen LogP contribution in [0.3, 0.4) is 0 Å². The van der Waals surface area contributed by atoms with E-state index in [9.17, 15) is 4.79 Å². The zero-order chi connectivity index (χ0) is 15.2. The maximum atomic E-state index is 11.8. The summed E-state index contributed by atoms with van der Waals surface area (Å²) in [7, 11) is 0. The molecule has 4 heteroatoms. The van der Waals surface area contributed by atoms with Crippen molar-refractivity contribution in [2.24, 2.45) is 4.99 Å². The van der Waals surface area contributed by atoms with Gasteiger partial charge < -0.3 is 10.3 Å². The van der Waals surface area contributed by atoms with Crippen LogP contribution in [0.15, 0.2) is 65.8 Å². The number of hydrogen-bond acceptors (Lipinski definition) is 2. The standard InChI is InChI=1S/C18H17N3O/c22-18(14-6-2-1-3-7-14)20-11-10-19-12-15-13-21-17-9-5-4-8-16(15)17/h1-9,12-13,21H,10-11H2,(H,20,22). The van der Waals surface area contributed by atoms with Crippen molar-refractivity contribution in [3.8, 4) is 0 Å². The van der Waals surface area contributed by atoms with Crippen LogP contribution in [0.5, 0.6) is 0 Å². The van der Waals surface area contributed by atoms with Crippen LogP contribution in [0.2, 0.25) is 0 Å². The molecule has 0 aliphatic carbocycles. The van der Waals surface area contributed by atoms with Crippen molar-refractivity contribution in [2.45, 2.75) is 0 Å². The smallest absolute Gasteiger partial charge is 0.251 e. The Morgan fingerprint density at radius 2 is 1.86 bits per heavy atom. The molecule has 2 N–H and O–H groups in total. The second-order valence-corrected chi connectivity index (χ2v) is 4.95. The van der Waals surface area contributed by atoms with Crippen LogP contribution in [-0.2, 0) is 0 Å². The topological polar surface area (TPSA) is 57.2 Å². The number of para-hydroxylation sites is 1. The van der Waals surface area contributed by atoms with Crippen molar-refractivity contribution in [1.82, 2.24) is 10.3 Å². The molecule has 110 valence electrons. The summed E-state index contributed by atoms with van der Waals surface area (Å²) in [4.78, 5) is 19.4. The molecule has 22 heavy (non-hydrogen) atoms. The molecule has 0 atom stereocenters. The minimum Gasteiger partial charge on any atom is -0.361 e. The monoisotopic (exact) mass is 291 g/mol. The zero-order valence-corrected chi connectivity index (χ0v) is 12.1. The van der Waals surface area contributed by atoms with Crippen LogP contribution >= 0.6 is 0 Å². The van der Waals surface area contributed by atoms with Gasteiger partial charge in [0.15, 0.2) is 0 Å². The molecule has 1 heterocycles. The molecule has 0 fully saturated rings. The fourth-order valence-electron chi connectivity index (χ4n) is 2.29. The normalized spacial score (nSPS) is 11.1. The number of hydrogen-bond donors (Lipinski definition) is 2. The minimum atomic E-state index is -0.0668. The van der Waals surface area contributed by atoms with Gasteiger partial charge in [-0.15, -0.1) is 0 Å². The van der Waals surface area contributed by atoms with Crippen LogP contribution in [0.1, 0.15) is 15.9 Å². The Balaban J connectivity index is 1.52. The van der Waals surface area contributed by atoms with Gasteiger partial charge in [-0.25, -0.2) is 0 Å². The average molecular weight is 291 g/mol. The Bertz CT molecular complexity index is 790. The number of carbonyl (C=O) groups is 1. The number of fused-ring (bicyclic) bond motifs is 1. The van der Waals surface area contributed by atoms with Crippen molar-refractivity contribution in [3.05, 3.63) is 71.9 Å². The van der Waals surface area contributed by atoms with Crippen molar-refractivity contribution >= 4 is 23.0 Å². The van der Waals surface area contributed by atoms with Gasteiger partial charge in [-0.05, 0) is 18.2 Å². The second-order valence-electron chi connectivity index (χ2n) is 4.95. The Morgan fingerprint density at radius 1 is 1.09 bits per heavy atom. The van der Waals surface area contributed by atoms with Gasteiger partial charge in [0.05, 0.1) is 6.54 Å². The number of aliphatic imine (C=N–C) groups is 1. The van der Waals surface area contributed by atoms with Crippen molar-refractivity contribution in [3.63, 3.8) is 0 Å². The number of amides is 1. The molecule has 0 saturated heterocycles. The quantitative estimate of drug-likeness (QED) is 0.551. The molecule has 0 bridgehead atoms. The van der Waals surface area contributed by atoms with Gasteiger partial charge in [0.2, 0.25) is 0 Å². The average Bonchev–Trinajstić information content (AvgIpc) is 2.98. The molecule has 0 unspecified atom stereocenters. The number of carbonyl (C=O) groups excluding carboxylic acids is 1. The molecule has 0 aliphatic heterocycles. The highest BCUT2D eigenvalue weighted by Gasteiger charge is 2.02. The molecule has 0 spiro atoms.